The van der Waals surface area contributed by atoms with E-state index in [9.17, 15) is 4.79 Å². The monoisotopic (exact) mass is 255 g/mol. The van der Waals surface area contributed by atoms with Crippen molar-refractivity contribution < 1.29 is 4.79 Å². The van der Waals surface area contributed by atoms with Crippen LogP contribution in [-0.4, -0.2) is 15.9 Å². The van der Waals surface area contributed by atoms with E-state index in [1.807, 2.05) is 29.6 Å². The van der Waals surface area contributed by atoms with Crippen LogP contribution in [0.2, 0.25) is 0 Å². The van der Waals surface area contributed by atoms with Crippen molar-refractivity contribution in [2.24, 2.45) is 0 Å². The van der Waals surface area contributed by atoms with Crippen LogP contribution < -0.4 is 5.32 Å². The zero-order valence-electron chi connectivity index (χ0n) is 9.33. The summed E-state index contributed by atoms with van der Waals surface area (Å²) >= 11 is 1.68. The number of carbonyl (C=O) groups is 1. The summed E-state index contributed by atoms with van der Waals surface area (Å²) in [5.41, 5.74) is 1.07. The van der Waals surface area contributed by atoms with Crippen molar-refractivity contribution in [3.8, 4) is 0 Å². The zero-order valence-corrected chi connectivity index (χ0v) is 10.1. The maximum absolute atomic E-state index is 11.9. The molecule has 1 amide bonds. The first-order valence-electron chi connectivity index (χ1n) is 5.37. The van der Waals surface area contributed by atoms with Crippen LogP contribution in [0, 0.1) is 0 Å². The van der Waals surface area contributed by atoms with Gasteiger partial charge >= 0.3 is 0 Å². The predicted octanol–water partition coefficient (Wildman–Crippen LogP) is 2.94. The fraction of sp³-hybridized carbons (Fsp3) is 0. The Balaban J connectivity index is 1.86. The first-order chi connectivity index (χ1) is 8.83. The highest BCUT2D eigenvalue weighted by Gasteiger charge is 2.07. The van der Waals surface area contributed by atoms with E-state index in [0.29, 0.717) is 5.69 Å². The van der Waals surface area contributed by atoms with Gasteiger partial charge in [-0.1, -0.05) is 0 Å². The van der Waals surface area contributed by atoms with Crippen molar-refractivity contribution >= 4 is 33.0 Å². The molecule has 0 saturated carbocycles. The number of amides is 1. The van der Waals surface area contributed by atoms with Crippen LogP contribution >= 0.6 is 11.3 Å². The van der Waals surface area contributed by atoms with Crippen LogP contribution in [0.15, 0.2) is 48.2 Å². The number of anilines is 1. The Labute approximate surface area is 107 Å². The van der Waals surface area contributed by atoms with Gasteiger partial charge in [-0.25, -0.2) is 4.98 Å². The molecule has 0 saturated heterocycles. The van der Waals surface area contributed by atoms with Crippen molar-refractivity contribution in [3.05, 3.63) is 53.9 Å². The second-order valence-corrected chi connectivity index (χ2v) is 4.67. The summed E-state index contributed by atoms with van der Waals surface area (Å²) in [6, 6.07) is 7.84. The van der Waals surface area contributed by atoms with Gasteiger partial charge in [0.05, 0.1) is 6.20 Å². The molecule has 3 aromatic rings. The molecule has 18 heavy (non-hydrogen) atoms. The third kappa shape index (κ3) is 2.08. The van der Waals surface area contributed by atoms with E-state index in [-0.39, 0.29) is 5.91 Å². The number of nitrogens with one attached hydrogen (secondary N) is 1. The topological polar surface area (TPSA) is 54.9 Å². The number of benzene rings is 1. The van der Waals surface area contributed by atoms with Crippen LogP contribution in [0.4, 0.5) is 5.69 Å². The van der Waals surface area contributed by atoms with E-state index in [4.69, 9.17) is 0 Å². The molecule has 0 bridgehead atoms. The van der Waals surface area contributed by atoms with Crippen LogP contribution in [0.25, 0.3) is 10.1 Å². The molecule has 0 unspecified atom stereocenters. The molecule has 0 aliphatic rings. The van der Waals surface area contributed by atoms with Gasteiger partial charge < -0.3 is 5.32 Å². The number of thiophene rings is 1. The van der Waals surface area contributed by atoms with Gasteiger partial charge in [-0.2, -0.15) is 0 Å². The lowest BCUT2D eigenvalue weighted by Gasteiger charge is -2.04. The maximum atomic E-state index is 11.9. The fourth-order valence-electron chi connectivity index (χ4n) is 1.66. The molecule has 0 spiro atoms. The third-order valence-electron chi connectivity index (χ3n) is 2.51. The van der Waals surface area contributed by atoms with Crippen molar-refractivity contribution in [1.29, 1.82) is 0 Å². The Morgan fingerprint density at radius 1 is 1.22 bits per heavy atom. The third-order valence-corrected chi connectivity index (χ3v) is 3.40. The lowest BCUT2D eigenvalue weighted by Crippen LogP contribution is -2.13. The highest BCUT2D eigenvalue weighted by atomic mass is 32.1. The number of hydrogen-bond acceptors (Lipinski definition) is 4. The molecule has 5 heteroatoms. The number of aromatic nitrogens is 2. The number of nitrogens with zero attached hydrogens (tertiary/aromatic N) is 2. The first kappa shape index (κ1) is 10.9. The molecule has 88 valence electrons. The molecule has 1 aromatic carbocycles. The van der Waals surface area contributed by atoms with Crippen molar-refractivity contribution in [1.82, 2.24) is 9.97 Å². The largest absolute Gasteiger partial charge is 0.321 e. The van der Waals surface area contributed by atoms with E-state index in [1.165, 1.54) is 23.3 Å². The van der Waals surface area contributed by atoms with Crippen LogP contribution in [0.5, 0.6) is 0 Å². The van der Waals surface area contributed by atoms with Gasteiger partial charge in [-0.15, -0.1) is 11.3 Å². The second kappa shape index (κ2) is 4.54. The molecule has 0 aliphatic heterocycles. The fourth-order valence-corrected chi connectivity index (χ4v) is 2.43. The average molecular weight is 255 g/mol. The van der Waals surface area contributed by atoms with Crippen molar-refractivity contribution in [3.63, 3.8) is 0 Å². The van der Waals surface area contributed by atoms with Crippen LogP contribution in [0.3, 0.4) is 0 Å². The Hall–Kier alpha value is -2.27. The van der Waals surface area contributed by atoms with Gasteiger partial charge in [0.2, 0.25) is 0 Å². The number of rotatable bonds is 2. The van der Waals surface area contributed by atoms with Crippen molar-refractivity contribution in [2.75, 3.05) is 5.32 Å². The average Bonchev–Trinajstić information content (AvgIpc) is 2.87. The first-order valence-corrected chi connectivity index (χ1v) is 6.25. The lowest BCUT2D eigenvalue weighted by atomic mass is 10.2. The molecule has 4 nitrogen and oxygen atoms in total. The predicted molar refractivity (Wildman–Crippen MR) is 71.8 cm³/mol. The number of fused-ring (bicyclic) bond motifs is 1. The summed E-state index contributed by atoms with van der Waals surface area (Å²) in [4.78, 5) is 19.7. The van der Waals surface area contributed by atoms with Gasteiger partial charge in [0.15, 0.2) is 0 Å². The van der Waals surface area contributed by atoms with Crippen LogP contribution in [-0.2, 0) is 0 Å². The summed E-state index contributed by atoms with van der Waals surface area (Å²) in [6.07, 6.45) is 4.48. The van der Waals surface area contributed by atoms with Gasteiger partial charge in [0.25, 0.3) is 5.91 Å². The summed E-state index contributed by atoms with van der Waals surface area (Å²) in [5.74, 6) is -0.252. The van der Waals surface area contributed by atoms with E-state index in [1.54, 1.807) is 11.3 Å². The Kier molecular flexibility index (Phi) is 2.74. The molecule has 0 fully saturated rings. The van der Waals surface area contributed by atoms with E-state index < -0.39 is 0 Å². The summed E-state index contributed by atoms with van der Waals surface area (Å²) in [7, 11) is 0. The molecule has 0 aliphatic carbocycles. The second-order valence-electron chi connectivity index (χ2n) is 3.72. The van der Waals surface area contributed by atoms with Crippen molar-refractivity contribution in [2.45, 2.75) is 0 Å². The molecule has 2 heterocycles. The minimum absolute atomic E-state index is 0.252. The number of carbonyl (C=O) groups excluding carboxylic acids is 1. The van der Waals surface area contributed by atoms with E-state index in [0.717, 1.165) is 11.1 Å². The standard InChI is InChI=1S/C13H9N3OS/c17-13(11-8-14-4-5-15-11)16-10-1-2-12-9(7-10)3-6-18-12/h1-8H,(H,16,17). The van der Waals surface area contributed by atoms with Gasteiger partial charge in [0.1, 0.15) is 5.69 Å². The minimum atomic E-state index is -0.252. The molecule has 2 aromatic heterocycles. The Morgan fingerprint density at radius 3 is 3.00 bits per heavy atom. The molecule has 1 N–H and O–H groups in total. The Bertz CT molecular complexity index is 694. The highest BCUT2D eigenvalue weighted by molar-refractivity contribution is 7.17. The number of hydrogen-bond donors (Lipinski definition) is 1. The minimum Gasteiger partial charge on any atom is -0.321 e. The molecule has 0 radical (unpaired) electrons. The molecular weight excluding hydrogens is 246 g/mol. The van der Waals surface area contributed by atoms with Gasteiger partial charge in [0, 0.05) is 22.8 Å². The highest BCUT2D eigenvalue weighted by Crippen LogP contribution is 2.24. The zero-order chi connectivity index (χ0) is 12.4. The van der Waals surface area contributed by atoms with Gasteiger partial charge in [-0.05, 0) is 35.0 Å². The summed E-state index contributed by atoms with van der Waals surface area (Å²) < 4.78 is 1.20. The molecule has 0 atom stereocenters. The lowest BCUT2D eigenvalue weighted by molar-refractivity contribution is 0.102. The normalized spacial score (nSPS) is 10.4. The van der Waals surface area contributed by atoms with E-state index >= 15 is 0 Å². The maximum Gasteiger partial charge on any atom is 0.275 e. The summed E-state index contributed by atoms with van der Waals surface area (Å²) in [5, 5.41) is 5.95. The van der Waals surface area contributed by atoms with Gasteiger partial charge in [-0.3, -0.25) is 9.78 Å². The van der Waals surface area contributed by atoms with Crippen LogP contribution in [0.1, 0.15) is 10.5 Å². The summed E-state index contributed by atoms with van der Waals surface area (Å²) in [6.45, 7) is 0. The van der Waals surface area contributed by atoms with E-state index in [2.05, 4.69) is 15.3 Å². The quantitative estimate of drug-likeness (QED) is 0.766. The SMILES string of the molecule is O=C(Nc1ccc2sccc2c1)c1cnccn1. The smallest absolute Gasteiger partial charge is 0.275 e. The molecule has 3 rings (SSSR count). The molecular formula is C13H9N3OS. The Morgan fingerprint density at radius 2 is 2.17 bits per heavy atom.